The van der Waals surface area contributed by atoms with Gasteiger partial charge in [-0.1, -0.05) is 13.2 Å². The molecule has 0 N–H and O–H groups in total. The predicted molar refractivity (Wildman–Crippen MR) is 49.3 cm³/mol. The van der Waals surface area contributed by atoms with Crippen molar-refractivity contribution < 1.29 is 21.6 Å². The largest absolute Gasteiger partial charge is 0.278 e. The molecule has 5 nitrogen and oxygen atoms in total. The molecule has 72 valence electrons. The zero-order valence-corrected chi connectivity index (χ0v) is 8.06. The predicted octanol–water partition coefficient (Wildman–Crippen LogP) is -0.607. The highest BCUT2D eigenvalue weighted by Gasteiger charge is 2.02. The van der Waals surface area contributed by atoms with Gasteiger partial charge in [0, 0.05) is 0 Å². The summed E-state index contributed by atoms with van der Waals surface area (Å²) in [7, 11) is -5.32. The maximum absolute atomic E-state index is 10.3. The number of ether oxygens (including phenoxy) is 1. The normalized spacial score (nSPS) is 8.62. The second kappa shape index (κ2) is 5.46. The van der Waals surface area contributed by atoms with Crippen molar-refractivity contribution in [1.29, 1.82) is 0 Å². The zero-order chi connectivity index (χ0) is 10.4. The third kappa shape index (κ3) is 3.83. The maximum Gasteiger partial charge on any atom is 0.245 e. The van der Waals surface area contributed by atoms with Crippen molar-refractivity contribution >= 4 is 30.7 Å². The van der Waals surface area contributed by atoms with Crippen molar-refractivity contribution in [3.63, 3.8) is 0 Å². The van der Waals surface area contributed by atoms with Crippen LogP contribution in [0.2, 0.25) is 0 Å². The molecule has 0 saturated carbocycles. The van der Waals surface area contributed by atoms with Gasteiger partial charge in [-0.15, -0.1) is 0 Å². The van der Waals surface area contributed by atoms with Crippen LogP contribution in [0, 0.1) is 0 Å². The Morgan fingerprint density at radius 1 is 0.923 bits per heavy atom. The van der Waals surface area contributed by atoms with Crippen LogP contribution < -0.4 is 0 Å². The fourth-order valence-corrected chi connectivity index (χ4v) is 1.03. The summed E-state index contributed by atoms with van der Waals surface area (Å²) in [5.41, 5.74) is 0. The first-order valence-corrected chi connectivity index (χ1v) is 5.03. The minimum absolute atomic E-state index is 0.570. The third-order valence-electron chi connectivity index (χ3n) is 0.863. The van der Waals surface area contributed by atoms with Gasteiger partial charge < -0.3 is 0 Å². The van der Waals surface area contributed by atoms with Gasteiger partial charge in [0.1, 0.15) is 0 Å². The summed E-state index contributed by atoms with van der Waals surface area (Å²) in [6.07, 6.45) is 1.75. The number of hydrogen-bond donors (Lipinski definition) is 0. The van der Waals surface area contributed by atoms with E-state index < -0.39 is 30.7 Å². The molecule has 0 fully saturated rings. The van der Waals surface area contributed by atoms with Crippen molar-refractivity contribution in [3.8, 4) is 0 Å². The summed E-state index contributed by atoms with van der Waals surface area (Å²) in [5.74, 6) is 0. The van der Waals surface area contributed by atoms with Crippen LogP contribution in [0.15, 0.2) is 25.3 Å². The topological polar surface area (TPSA) is 77.5 Å². The van der Waals surface area contributed by atoms with Gasteiger partial charge in [0.05, 0.1) is 0 Å². The molecular formula is C6H6O5S2. The van der Waals surface area contributed by atoms with Crippen LogP contribution in [0.5, 0.6) is 0 Å². The van der Waals surface area contributed by atoms with Gasteiger partial charge in [-0.2, -0.15) is 16.8 Å². The van der Waals surface area contributed by atoms with Gasteiger partial charge in [0.25, 0.3) is 0 Å². The van der Waals surface area contributed by atoms with E-state index in [1.165, 1.54) is 0 Å². The molecular weight excluding hydrogens is 216 g/mol. The monoisotopic (exact) mass is 222 g/mol. The van der Waals surface area contributed by atoms with Crippen LogP contribution in [0.4, 0.5) is 0 Å². The van der Waals surface area contributed by atoms with Gasteiger partial charge in [-0.05, 0) is 12.2 Å². The highest BCUT2D eigenvalue weighted by Crippen LogP contribution is 1.85. The van der Waals surface area contributed by atoms with E-state index in [0.29, 0.717) is 0 Å². The molecule has 0 spiro atoms. The molecule has 0 aliphatic rings. The Balaban J connectivity index is 5.26. The first kappa shape index (κ1) is 11.8. The minimum atomic E-state index is -2.66. The van der Waals surface area contributed by atoms with Crippen LogP contribution in [-0.4, -0.2) is 26.9 Å². The SMILES string of the molecule is C=CC(OC(C=C)=S(=O)=O)=S(=O)=O. The summed E-state index contributed by atoms with van der Waals surface area (Å²) in [6, 6.07) is 0. The summed E-state index contributed by atoms with van der Waals surface area (Å²) >= 11 is 0. The van der Waals surface area contributed by atoms with Crippen LogP contribution in [0.3, 0.4) is 0 Å². The quantitative estimate of drug-likeness (QED) is 0.460. The third-order valence-corrected chi connectivity index (χ3v) is 2.02. The molecule has 7 heteroatoms. The molecule has 0 aliphatic heterocycles. The molecule has 0 aromatic carbocycles. The maximum atomic E-state index is 10.3. The Morgan fingerprint density at radius 2 is 1.23 bits per heavy atom. The van der Waals surface area contributed by atoms with Gasteiger partial charge >= 0.3 is 0 Å². The molecule has 0 saturated heterocycles. The molecule has 0 heterocycles. The number of hydrogen-bond acceptors (Lipinski definition) is 5. The smallest absolute Gasteiger partial charge is 0.245 e. The van der Waals surface area contributed by atoms with E-state index in [9.17, 15) is 16.8 Å². The lowest BCUT2D eigenvalue weighted by molar-refractivity contribution is 0.565. The Hall–Kier alpha value is -1.18. The summed E-state index contributed by atoms with van der Waals surface area (Å²) in [6.45, 7) is 6.25. The van der Waals surface area contributed by atoms with Crippen molar-refractivity contribution in [1.82, 2.24) is 0 Å². The molecule has 0 bridgehead atoms. The van der Waals surface area contributed by atoms with E-state index >= 15 is 0 Å². The molecule has 0 aromatic heterocycles. The van der Waals surface area contributed by atoms with E-state index in [0.717, 1.165) is 12.2 Å². The molecule has 13 heavy (non-hydrogen) atoms. The Kier molecular flexibility index (Phi) is 4.97. The highest BCUT2D eigenvalue weighted by molar-refractivity contribution is 7.74. The molecule has 0 unspecified atom stereocenters. The lowest BCUT2D eigenvalue weighted by Crippen LogP contribution is -2.09. The van der Waals surface area contributed by atoms with Crippen LogP contribution >= 0.6 is 0 Å². The summed E-state index contributed by atoms with van der Waals surface area (Å²) in [5, 5.41) is -1.14. The average Bonchev–Trinajstić information content (AvgIpc) is 2.05. The standard InChI is InChI=1S/C6H6O5S2/c1-3-5(12(7)8)11-6(4-2)13(9)10/h3-4H,1-2H2. The van der Waals surface area contributed by atoms with Gasteiger partial charge in [-0.3, -0.25) is 4.74 Å². The Labute approximate surface area is 78.0 Å². The van der Waals surface area contributed by atoms with Gasteiger partial charge in [0.2, 0.25) is 30.7 Å². The molecule has 0 amide bonds. The molecule has 0 atom stereocenters. The van der Waals surface area contributed by atoms with Crippen molar-refractivity contribution in [2.24, 2.45) is 0 Å². The second-order valence-corrected chi connectivity index (χ2v) is 3.36. The van der Waals surface area contributed by atoms with Crippen molar-refractivity contribution in [2.75, 3.05) is 0 Å². The average molecular weight is 222 g/mol. The van der Waals surface area contributed by atoms with Gasteiger partial charge in [0.15, 0.2) is 0 Å². The minimum Gasteiger partial charge on any atom is -0.278 e. The first-order valence-electron chi connectivity index (χ1n) is 2.88. The summed E-state index contributed by atoms with van der Waals surface area (Å²) in [4.78, 5) is 0. The molecule has 0 radical (unpaired) electrons. The Morgan fingerprint density at radius 3 is 1.38 bits per heavy atom. The van der Waals surface area contributed by atoms with Gasteiger partial charge in [-0.25, -0.2) is 0 Å². The van der Waals surface area contributed by atoms with Crippen molar-refractivity contribution in [2.45, 2.75) is 0 Å². The van der Waals surface area contributed by atoms with Crippen molar-refractivity contribution in [3.05, 3.63) is 25.3 Å². The molecule has 0 rings (SSSR count). The van der Waals surface area contributed by atoms with E-state index in [4.69, 9.17) is 0 Å². The zero-order valence-electron chi connectivity index (χ0n) is 6.43. The fourth-order valence-electron chi connectivity index (χ4n) is 0.387. The first-order chi connectivity index (χ1) is 6.02. The second-order valence-electron chi connectivity index (χ2n) is 1.62. The fraction of sp³-hybridized carbons (Fsp3) is 0. The van der Waals surface area contributed by atoms with Crippen LogP contribution in [-0.2, 0) is 25.3 Å². The van der Waals surface area contributed by atoms with E-state index in [-0.39, 0.29) is 0 Å². The van der Waals surface area contributed by atoms with Crippen LogP contribution in [0.25, 0.3) is 0 Å². The Bertz CT molecular complexity index is 415. The number of rotatable bonds is 2. The highest BCUT2D eigenvalue weighted by atomic mass is 32.2. The lowest BCUT2D eigenvalue weighted by Gasteiger charge is -1.93. The summed E-state index contributed by atoms with van der Waals surface area (Å²) < 4.78 is 45.7. The van der Waals surface area contributed by atoms with E-state index in [1.54, 1.807) is 0 Å². The molecule has 0 aliphatic carbocycles. The lowest BCUT2D eigenvalue weighted by atomic mass is 10.6. The van der Waals surface area contributed by atoms with E-state index in [2.05, 4.69) is 17.9 Å². The molecule has 0 aromatic rings. The van der Waals surface area contributed by atoms with E-state index in [1.807, 2.05) is 0 Å². The van der Waals surface area contributed by atoms with Crippen LogP contribution in [0.1, 0.15) is 0 Å².